The van der Waals surface area contributed by atoms with Gasteiger partial charge in [0.1, 0.15) is 12.1 Å². The molecule has 0 fully saturated rings. The minimum Gasteiger partial charge on any atom is -0.480 e. The summed E-state index contributed by atoms with van der Waals surface area (Å²) >= 11 is 0. The first kappa shape index (κ1) is 17.3. The molecule has 0 bridgehead atoms. The van der Waals surface area contributed by atoms with Crippen LogP contribution in [0.2, 0.25) is 0 Å². The van der Waals surface area contributed by atoms with Crippen LogP contribution in [0.3, 0.4) is 0 Å². The first-order valence-corrected chi connectivity index (χ1v) is 6.15. The summed E-state index contributed by atoms with van der Waals surface area (Å²) in [7, 11) is 2.41. The number of carboxylic acids is 2. The van der Waals surface area contributed by atoms with Crippen LogP contribution in [0.1, 0.15) is 0 Å². The molecule has 0 aromatic rings. The molecule has 1 unspecified atom stereocenters. The van der Waals surface area contributed by atoms with Crippen LogP contribution in [0.5, 0.6) is 0 Å². The molecular formula is C6H13ClN2O4S2. The summed E-state index contributed by atoms with van der Waals surface area (Å²) in [5, 5.41) is 16.8. The lowest BCUT2D eigenvalue weighted by Crippen LogP contribution is -2.33. The minimum atomic E-state index is -1.07. The normalized spacial score (nSPS) is 13.7. The summed E-state index contributed by atoms with van der Waals surface area (Å²) in [6.45, 7) is 0. The zero-order valence-corrected chi connectivity index (χ0v) is 10.1. The molecule has 0 amide bonds. The van der Waals surface area contributed by atoms with E-state index >= 15 is 0 Å². The lowest BCUT2D eigenvalue weighted by Gasteiger charge is -2.07. The van der Waals surface area contributed by atoms with Gasteiger partial charge in [-0.15, -0.1) is 12.4 Å². The van der Waals surface area contributed by atoms with Gasteiger partial charge >= 0.3 is 11.9 Å². The lowest BCUT2D eigenvalue weighted by molar-refractivity contribution is -0.138. The van der Waals surface area contributed by atoms with Gasteiger partial charge in [0, 0.05) is 11.5 Å². The summed E-state index contributed by atoms with van der Waals surface area (Å²) in [6, 6.07) is -1.85. The Labute approximate surface area is 101 Å². The average Bonchev–Trinajstić information content (AvgIpc) is 2.11. The number of aliphatic carboxylic acids is 2. The molecule has 0 spiro atoms. The van der Waals surface area contributed by atoms with Gasteiger partial charge in [-0.05, 0) is 0 Å². The van der Waals surface area contributed by atoms with E-state index < -0.39 is 24.0 Å². The predicted molar refractivity (Wildman–Crippen MR) is 63.4 cm³/mol. The van der Waals surface area contributed by atoms with Crippen molar-refractivity contribution in [2.75, 3.05) is 11.5 Å². The Kier molecular flexibility index (Phi) is 10.5. The highest BCUT2D eigenvalue weighted by atomic mass is 35.5. The van der Waals surface area contributed by atoms with Crippen LogP contribution in [0.4, 0.5) is 0 Å². The Morgan fingerprint density at radius 3 is 1.47 bits per heavy atom. The van der Waals surface area contributed by atoms with Crippen LogP contribution >= 0.6 is 34.0 Å². The van der Waals surface area contributed by atoms with Gasteiger partial charge in [-0.25, -0.2) is 0 Å². The molecule has 0 heterocycles. The topological polar surface area (TPSA) is 127 Å². The average molecular weight is 277 g/mol. The molecule has 6 N–H and O–H groups in total. The van der Waals surface area contributed by atoms with Gasteiger partial charge in [0.25, 0.3) is 0 Å². The standard InChI is InChI=1S/C6H12N2O4S2.ClH/c7-3(5(9)10)1-13-14-2-4(8)6(11)12;/h3-4H,1-2,7-8H2,(H,9,10)(H,11,12);1H/t3-,4?;/m1./s1. The highest BCUT2D eigenvalue weighted by molar-refractivity contribution is 8.76. The van der Waals surface area contributed by atoms with E-state index in [2.05, 4.69) is 0 Å². The van der Waals surface area contributed by atoms with Gasteiger partial charge in [-0.2, -0.15) is 0 Å². The third-order valence-electron chi connectivity index (χ3n) is 1.21. The van der Waals surface area contributed by atoms with E-state index in [1.54, 1.807) is 0 Å². The highest BCUT2D eigenvalue weighted by Crippen LogP contribution is 2.22. The molecule has 0 radical (unpaired) electrons. The second-order valence-corrected chi connectivity index (χ2v) is 5.01. The molecule has 15 heavy (non-hydrogen) atoms. The molecule has 0 aromatic heterocycles. The lowest BCUT2D eigenvalue weighted by atomic mass is 10.4. The van der Waals surface area contributed by atoms with Crippen molar-refractivity contribution in [2.45, 2.75) is 12.1 Å². The van der Waals surface area contributed by atoms with Crippen LogP contribution in [0, 0.1) is 0 Å². The Morgan fingerprint density at radius 1 is 1.00 bits per heavy atom. The van der Waals surface area contributed by atoms with Gasteiger partial charge in [-0.1, -0.05) is 21.6 Å². The molecule has 0 rings (SSSR count). The molecule has 90 valence electrons. The Morgan fingerprint density at radius 2 is 1.27 bits per heavy atom. The van der Waals surface area contributed by atoms with Crippen molar-refractivity contribution < 1.29 is 19.8 Å². The van der Waals surface area contributed by atoms with Gasteiger partial charge < -0.3 is 21.7 Å². The largest absolute Gasteiger partial charge is 0.480 e. The van der Waals surface area contributed by atoms with Crippen LogP contribution in [-0.4, -0.2) is 45.7 Å². The fourth-order valence-corrected chi connectivity index (χ4v) is 2.61. The van der Waals surface area contributed by atoms with Crippen LogP contribution in [-0.2, 0) is 9.59 Å². The molecule has 0 aliphatic heterocycles. The monoisotopic (exact) mass is 276 g/mol. The fourth-order valence-electron chi connectivity index (χ4n) is 0.385. The Hall–Kier alpha value is -0.150. The second kappa shape index (κ2) is 9.10. The molecule has 0 saturated carbocycles. The van der Waals surface area contributed by atoms with E-state index in [1.165, 1.54) is 21.6 Å². The van der Waals surface area contributed by atoms with Crippen molar-refractivity contribution in [2.24, 2.45) is 11.5 Å². The van der Waals surface area contributed by atoms with E-state index in [0.29, 0.717) is 0 Å². The summed E-state index contributed by atoms with van der Waals surface area (Å²) in [5.41, 5.74) is 10.4. The van der Waals surface area contributed by atoms with Crippen molar-refractivity contribution >= 4 is 45.9 Å². The van der Waals surface area contributed by atoms with Crippen molar-refractivity contribution in [3.8, 4) is 0 Å². The van der Waals surface area contributed by atoms with E-state index in [-0.39, 0.29) is 23.9 Å². The summed E-state index contributed by atoms with van der Waals surface area (Å²) < 4.78 is 0. The van der Waals surface area contributed by atoms with Crippen LogP contribution in [0.25, 0.3) is 0 Å². The van der Waals surface area contributed by atoms with Gasteiger partial charge in [0.05, 0.1) is 0 Å². The predicted octanol–water partition coefficient (Wildman–Crippen LogP) is -0.387. The Bertz CT molecular complexity index is 197. The number of rotatable bonds is 7. The van der Waals surface area contributed by atoms with Crippen molar-refractivity contribution in [1.82, 2.24) is 0 Å². The smallest absolute Gasteiger partial charge is 0.321 e. The highest BCUT2D eigenvalue weighted by Gasteiger charge is 2.14. The maximum atomic E-state index is 10.3. The first-order chi connectivity index (χ1) is 6.45. The first-order valence-electron chi connectivity index (χ1n) is 3.66. The molecule has 2 atom stereocenters. The quantitative estimate of drug-likeness (QED) is 0.366. The Balaban J connectivity index is 0. The second-order valence-electron chi connectivity index (χ2n) is 2.46. The number of hydrogen-bond donors (Lipinski definition) is 4. The minimum absolute atomic E-state index is 0. The maximum Gasteiger partial charge on any atom is 0.321 e. The van der Waals surface area contributed by atoms with Gasteiger partial charge in [0.15, 0.2) is 0 Å². The third-order valence-corrected chi connectivity index (χ3v) is 3.69. The molecule has 0 aromatic carbocycles. The van der Waals surface area contributed by atoms with Crippen molar-refractivity contribution in [3.63, 3.8) is 0 Å². The molecule has 0 saturated heterocycles. The molecule has 6 nitrogen and oxygen atoms in total. The van der Waals surface area contributed by atoms with E-state index in [9.17, 15) is 9.59 Å². The summed E-state index contributed by atoms with van der Waals surface area (Å²) in [4.78, 5) is 20.5. The van der Waals surface area contributed by atoms with E-state index in [1.807, 2.05) is 0 Å². The molecule has 9 heteroatoms. The van der Waals surface area contributed by atoms with Gasteiger partial charge in [-0.3, -0.25) is 9.59 Å². The fraction of sp³-hybridized carbons (Fsp3) is 0.667. The molecule has 0 aliphatic rings. The van der Waals surface area contributed by atoms with Crippen LogP contribution in [0.15, 0.2) is 0 Å². The number of hydrogen-bond acceptors (Lipinski definition) is 6. The number of carbonyl (C=O) groups is 2. The number of nitrogens with two attached hydrogens (primary N) is 2. The van der Waals surface area contributed by atoms with Crippen LogP contribution < -0.4 is 11.5 Å². The van der Waals surface area contributed by atoms with Gasteiger partial charge in [0.2, 0.25) is 0 Å². The third kappa shape index (κ3) is 8.82. The summed E-state index contributed by atoms with van der Waals surface area (Å²) in [6.07, 6.45) is 0. The van der Waals surface area contributed by atoms with E-state index in [4.69, 9.17) is 21.7 Å². The summed E-state index contributed by atoms with van der Waals surface area (Å²) in [5.74, 6) is -1.68. The molecule has 0 aliphatic carbocycles. The van der Waals surface area contributed by atoms with Crippen molar-refractivity contribution in [3.05, 3.63) is 0 Å². The molecular weight excluding hydrogens is 264 g/mol. The number of carboxylic acid groups (broad SMARTS) is 2. The zero-order valence-electron chi connectivity index (χ0n) is 7.66. The number of halogens is 1. The maximum absolute atomic E-state index is 10.3. The van der Waals surface area contributed by atoms with Crippen molar-refractivity contribution in [1.29, 1.82) is 0 Å². The van der Waals surface area contributed by atoms with E-state index in [0.717, 1.165) is 0 Å². The SMILES string of the molecule is Cl.NC(CSSC[C@@H](N)C(=O)O)C(=O)O. The zero-order chi connectivity index (χ0) is 11.1.